The number of hydrogen-bond donors (Lipinski definition) is 0. The average molecular weight is 333 g/mol. The zero-order valence-corrected chi connectivity index (χ0v) is 15.7. The molecule has 0 aliphatic heterocycles. The Morgan fingerprint density at radius 2 is 1.12 bits per heavy atom. The molecule has 3 rings (SSSR count). The predicted molar refractivity (Wildman–Crippen MR) is 110 cm³/mol. The molecule has 0 bridgehead atoms. The maximum Gasteiger partial charge on any atom is 0.109 e. The molecule has 3 aromatic rings. The van der Waals surface area contributed by atoms with Gasteiger partial charge in [0.25, 0.3) is 0 Å². The van der Waals surface area contributed by atoms with Gasteiger partial charge in [0.1, 0.15) is 23.2 Å². The zero-order chi connectivity index (χ0) is 17.0. The van der Waals surface area contributed by atoms with Crippen LogP contribution in [0.2, 0.25) is 0 Å². The molecule has 0 amide bonds. The lowest BCUT2D eigenvalue weighted by Crippen LogP contribution is -2.32. The van der Waals surface area contributed by atoms with Crippen molar-refractivity contribution in [3.63, 3.8) is 0 Å². The largest absolute Gasteiger partial charge is 0.109 e. The van der Waals surface area contributed by atoms with Crippen molar-refractivity contribution in [2.75, 3.05) is 6.66 Å². The van der Waals surface area contributed by atoms with Crippen LogP contribution >= 0.6 is 7.26 Å². The molecule has 0 fully saturated rings. The van der Waals surface area contributed by atoms with Gasteiger partial charge in [-0.1, -0.05) is 68.4 Å². The third-order valence-corrected chi connectivity index (χ3v) is 8.71. The second-order valence-corrected chi connectivity index (χ2v) is 10.4. The van der Waals surface area contributed by atoms with Crippen LogP contribution in [0.5, 0.6) is 0 Å². The highest BCUT2D eigenvalue weighted by molar-refractivity contribution is 7.95. The van der Waals surface area contributed by atoms with Gasteiger partial charge in [0.05, 0.1) is 6.66 Å². The molecule has 0 unspecified atom stereocenters. The predicted octanol–water partition coefficient (Wildman–Crippen LogP) is 4.81. The molecule has 0 aliphatic rings. The van der Waals surface area contributed by atoms with Gasteiger partial charge in [-0.05, 0) is 48.2 Å². The van der Waals surface area contributed by atoms with Gasteiger partial charge in [0, 0.05) is 0 Å². The summed E-state index contributed by atoms with van der Waals surface area (Å²) in [6, 6.07) is 31.1. The van der Waals surface area contributed by atoms with Gasteiger partial charge in [-0.25, -0.2) is 0 Å². The van der Waals surface area contributed by atoms with Crippen LogP contribution in [-0.2, 0) is 6.42 Å². The van der Waals surface area contributed by atoms with E-state index in [0.29, 0.717) is 5.92 Å². The Kier molecular flexibility index (Phi) is 5.17. The van der Waals surface area contributed by atoms with Gasteiger partial charge >= 0.3 is 0 Å². The van der Waals surface area contributed by atoms with Crippen LogP contribution in [0.25, 0.3) is 0 Å². The minimum Gasteiger partial charge on any atom is -0.0625 e. The van der Waals surface area contributed by atoms with E-state index in [1.54, 1.807) is 0 Å². The van der Waals surface area contributed by atoms with Gasteiger partial charge in [0.2, 0.25) is 0 Å². The summed E-state index contributed by atoms with van der Waals surface area (Å²) in [5.41, 5.74) is 1.50. The quantitative estimate of drug-likeness (QED) is 0.588. The Bertz CT molecular complexity index is 736. The normalized spacial score (nSPS) is 11.7. The molecule has 3 aromatic carbocycles. The van der Waals surface area contributed by atoms with E-state index < -0.39 is 7.26 Å². The zero-order valence-electron chi connectivity index (χ0n) is 14.8. The first-order chi connectivity index (χ1) is 11.6. The molecular weight excluding hydrogens is 307 g/mol. The minimum absolute atomic E-state index is 0.658. The summed E-state index contributed by atoms with van der Waals surface area (Å²) < 4.78 is 0. The van der Waals surface area contributed by atoms with Crippen LogP contribution < -0.4 is 15.9 Å². The number of hydrogen-bond acceptors (Lipinski definition) is 0. The molecule has 122 valence electrons. The molecule has 0 nitrogen and oxygen atoms in total. The maximum absolute atomic E-state index is 2.47. The van der Waals surface area contributed by atoms with Gasteiger partial charge in [-0.3, -0.25) is 0 Å². The van der Waals surface area contributed by atoms with Crippen LogP contribution in [-0.4, -0.2) is 6.66 Å². The molecular formula is C23H26P+. The van der Waals surface area contributed by atoms with E-state index in [1.165, 1.54) is 21.5 Å². The second kappa shape index (κ2) is 7.32. The molecule has 24 heavy (non-hydrogen) atoms. The molecule has 0 radical (unpaired) electrons. The van der Waals surface area contributed by atoms with Crippen molar-refractivity contribution in [3.8, 4) is 0 Å². The number of rotatable bonds is 5. The van der Waals surface area contributed by atoms with Crippen LogP contribution in [0.4, 0.5) is 0 Å². The van der Waals surface area contributed by atoms with Crippen molar-refractivity contribution in [2.45, 2.75) is 20.3 Å². The Hall–Kier alpha value is -1.91. The molecule has 0 N–H and O–H groups in total. The molecule has 0 atom stereocenters. The fourth-order valence-corrected chi connectivity index (χ4v) is 6.95. The molecule has 1 heteroatoms. The Morgan fingerprint density at radius 3 is 1.62 bits per heavy atom. The summed E-state index contributed by atoms with van der Waals surface area (Å²) in [6.45, 7) is 7.08. The summed E-state index contributed by atoms with van der Waals surface area (Å²) in [5.74, 6) is 0.658. The summed E-state index contributed by atoms with van der Waals surface area (Å²) in [4.78, 5) is 0. The lowest BCUT2D eigenvalue weighted by molar-refractivity contribution is 0.649. The standard InChI is InChI=1S/C23H26P/c1-19(2)18-20-12-10-11-17-23(20)24(3,21-13-6-4-7-14-21)22-15-8-5-9-16-22/h4-17,19H,18H2,1-3H3/q+1. The van der Waals surface area contributed by atoms with E-state index >= 15 is 0 Å². The molecule has 0 aliphatic carbocycles. The fourth-order valence-electron chi connectivity index (χ4n) is 3.44. The van der Waals surface area contributed by atoms with E-state index in [2.05, 4.69) is 105 Å². The molecule has 0 saturated heterocycles. The van der Waals surface area contributed by atoms with E-state index in [4.69, 9.17) is 0 Å². The lowest BCUT2D eigenvalue weighted by Gasteiger charge is -2.25. The first-order valence-electron chi connectivity index (χ1n) is 8.68. The third kappa shape index (κ3) is 3.30. The first kappa shape index (κ1) is 16.9. The SMILES string of the molecule is CC(C)Cc1ccccc1[P+](C)(c1ccccc1)c1ccccc1. The lowest BCUT2D eigenvalue weighted by atomic mass is 10.0. The van der Waals surface area contributed by atoms with E-state index in [0.717, 1.165) is 6.42 Å². The second-order valence-electron chi connectivity index (χ2n) is 6.90. The highest BCUT2D eigenvalue weighted by atomic mass is 31.2. The van der Waals surface area contributed by atoms with E-state index in [9.17, 15) is 0 Å². The monoisotopic (exact) mass is 333 g/mol. The Balaban J connectivity index is 2.24. The molecule has 0 heterocycles. The van der Waals surface area contributed by atoms with Crippen molar-refractivity contribution >= 4 is 23.2 Å². The molecule has 0 aromatic heterocycles. The van der Waals surface area contributed by atoms with Gasteiger partial charge in [-0.15, -0.1) is 0 Å². The summed E-state index contributed by atoms with van der Waals surface area (Å²) >= 11 is 0. The van der Waals surface area contributed by atoms with E-state index in [-0.39, 0.29) is 0 Å². The summed E-state index contributed by atoms with van der Waals surface area (Å²) in [5, 5.41) is 4.43. The van der Waals surface area contributed by atoms with Crippen LogP contribution in [0.3, 0.4) is 0 Å². The van der Waals surface area contributed by atoms with Crippen molar-refractivity contribution in [1.29, 1.82) is 0 Å². The van der Waals surface area contributed by atoms with Gasteiger partial charge in [-0.2, -0.15) is 0 Å². The minimum atomic E-state index is -1.62. The van der Waals surface area contributed by atoms with Crippen LogP contribution in [0.15, 0.2) is 84.9 Å². The average Bonchev–Trinajstić information content (AvgIpc) is 2.62. The summed E-state index contributed by atoms with van der Waals surface area (Å²) in [6.07, 6.45) is 1.13. The van der Waals surface area contributed by atoms with Crippen molar-refractivity contribution < 1.29 is 0 Å². The fraction of sp³-hybridized carbons (Fsp3) is 0.217. The smallest absolute Gasteiger partial charge is 0.0625 e. The van der Waals surface area contributed by atoms with Gasteiger partial charge in [0.15, 0.2) is 0 Å². The van der Waals surface area contributed by atoms with Crippen LogP contribution in [0, 0.1) is 5.92 Å². The van der Waals surface area contributed by atoms with Crippen molar-refractivity contribution in [2.24, 2.45) is 5.92 Å². The highest BCUT2D eigenvalue weighted by Gasteiger charge is 2.41. The molecule has 0 spiro atoms. The number of benzene rings is 3. The van der Waals surface area contributed by atoms with Gasteiger partial charge < -0.3 is 0 Å². The first-order valence-corrected chi connectivity index (χ1v) is 10.9. The summed E-state index contributed by atoms with van der Waals surface area (Å²) in [7, 11) is -1.62. The van der Waals surface area contributed by atoms with Crippen LogP contribution in [0.1, 0.15) is 19.4 Å². The Morgan fingerprint density at radius 1 is 0.667 bits per heavy atom. The van der Waals surface area contributed by atoms with Crippen molar-refractivity contribution in [3.05, 3.63) is 90.5 Å². The topological polar surface area (TPSA) is 0 Å². The highest BCUT2D eigenvalue weighted by Crippen LogP contribution is 2.52. The van der Waals surface area contributed by atoms with Crippen molar-refractivity contribution in [1.82, 2.24) is 0 Å². The Labute approximate surface area is 146 Å². The van der Waals surface area contributed by atoms with E-state index in [1.807, 2.05) is 0 Å². The molecule has 0 saturated carbocycles. The third-order valence-electron chi connectivity index (χ3n) is 4.65. The maximum atomic E-state index is 2.47.